The van der Waals surface area contributed by atoms with E-state index in [4.69, 9.17) is 0 Å². The molecule has 1 unspecified atom stereocenters. The van der Waals surface area contributed by atoms with Crippen molar-refractivity contribution in [1.29, 1.82) is 0 Å². The third kappa shape index (κ3) is 7.67. The molecule has 1 N–H and O–H groups in total. The Bertz CT molecular complexity index is 222. The van der Waals surface area contributed by atoms with Gasteiger partial charge in [-0.05, 0) is 24.7 Å². The lowest BCUT2D eigenvalue weighted by molar-refractivity contribution is 0.209. The quantitative estimate of drug-likeness (QED) is 0.505. The van der Waals surface area contributed by atoms with Gasteiger partial charge in [-0.15, -0.1) is 0 Å². The topological polar surface area (TPSA) is 12.0 Å². The van der Waals surface area contributed by atoms with Crippen LogP contribution < -0.4 is 5.32 Å². The Balaban J connectivity index is 2.25. The largest absolute Gasteiger partial charge is 0.311 e. The van der Waals surface area contributed by atoms with Gasteiger partial charge in [0.15, 0.2) is 0 Å². The highest BCUT2D eigenvalue weighted by molar-refractivity contribution is 4.85. The van der Waals surface area contributed by atoms with Crippen molar-refractivity contribution in [2.75, 3.05) is 0 Å². The summed E-state index contributed by atoms with van der Waals surface area (Å²) in [5.41, 5.74) is 0.404. The summed E-state index contributed by atoms with van der Waals surface area (Å²) >= 11 is 0. The van der Waals surface area contributed by atoms with Crippen LogP contribution >= 0.6 is 0 Å². The van der Waals surface area contributed by atoms with Gasteiger partial charge >= 0.3 is 0 Å². The van der Waals surface area contributed by atoms with Gasteiger partial charge in [-0.1, -0.05) is 85.5 Å². The predicted molar refractivity (Wildman–Crippen MR) is 91.2 cm³/mol. The van der Waals surface area contributed by atoms with Crippen LogP contribution in [-0.2, 0) is 0 Å². The Hall–Kier alpha value is -0.0400. The van der Waals surface area contributed by atoms with Crippen LogP contribution in [0.4, 0.5) is 0 Å². The minimum Gasteiger partial charge on any atom is -0.311 e. The Morgan fingerprint density at radius 3 is 2.10 bits per heavy atom. The zero-order chi connectivity index (χ0) is 14.8. The van der Waals surface area contributed by atoms with Gasteiger partial charge in [0.1, 0.15) is 0 Å². The van der Waals surface area contributed by atoms with E-state index in [0.717, 1.165) is 6.04 Å². The smallest absolute Gasteiger partial charge is 0.0118 e. The molecule has 0 heterocycles. The van der Waals surface area contributed by atoms with Crippen LogP contribution in [0.25, 0.3) is 0 Å². The molecule has 0 aliphatic heterocycles. The molecule has 0 spiro atoms. The van der Waals surface area contributed by atoms with E-state index in [1.807, 2.05) is 0 Å². The molecule has 1 rings (SSSR count). The summed E-state index contributed by atoms with van der Waals surface area (Å²) < 4.78 is 0. The van der Waals surface area contributed by atoms with Crippen molar-refractivity contribution < 1.29 is 0 Å². The first-order chi connectivity index (χ1) is 9.54. The summed E-state index contributed by atoms with van der Waals surface area (Å²) in [5, 5.41) is 4.00. The van der Waals surface area contributed by atoms with Crippen molar-refractivity contribution in [2.45, 2.75) is 117 Å². The van der Waals surface area contributed by atoms with Gasteiger partial charge in [-0.25, -0.2) is 0 Å². The summed E-state index contributed by atoms with van der Waals surface area (Å²) in [6.45, 7) is 9.52. The molecule has 1 saturated carbocycles. The maximum Gasteiger partial charge on any atom is 0.0118 e. The highest BCUT2D eigenvalue weighted by Crippen LogP contribution is 2.27. The summed E-state index contributed by atoms with van der Waals surface area (Å²) in [6.07, 6.45) is 17.0. The van der Waals surface area contributed by atoms with Crippen LogP contribution in [0.15, 0.2) is 0 Å². The standard InChI is InChI=1S/C19H39N/c1-5-6-7-8-9-13-16-18(19(2,3)4)20-17-14-11-10-12-15-17/h17-18,20H,5-16H2,1-4H3. The normalized spacial score (nSPS) is 19.2. The Kier molecular flexibility index (Phi) is 8.84. The average molecular weight is 282 g/mol. The van der Waals surface area contributed by atoms with E-state index in [1.54, 1.807) is 0 Å². The van der Waals surface area contributed by atoms with Crippen LogP contribution in [-0.4, -0.2) is 12.1 Å². The van der Waals surface area contributed by atoms with Gasteiger partial charge < -0.3 is 5.32 Å². The monoisotopic (exact) mass is 281 g/mol. The third-order valence-electron chi connectivity index (χ3n) is 4.93. The summed E-state index contributed by atoms with van der Waals surface area (Å²) in [6, 6.07) is 1.50. The fourth-order valence-corrected chi connectivity index (χ4v) is 3.45. The molecular weight excluding hydrogens is 242 g/mol. The van der Waals surface area contributed by atoms with Gasteiger partial charge in [0.25, 0.3) is 0 Å². The third-order valence-corrected chi connectivity index (χ3v) is 4.93. The molecule has 0 aromatic rings. The number of unbranched alkanes of at least 4 members (excludes halogenated alkanes) is 5. The van der Waals surface area contributed by atoms with Crippen LogP contribution in [0.5, 0.6) is 0 Å². The second kappa shape index (κ2) is 9.82. The van der Waals surface area contributed by atoms with E-state index in [-0.39, 0.29) is 0 Å². The average Bonchev–Trinajstić information content (AvgIpc) is 2.41. The SMILES string of the molecule is CCCCCCCCC(NC1CCCCC1)C(C)(C)C. The second-order valence-corrected chi connectivity index (χ2v) is 7.98. The minimum absolute atomic E-state index is 0.404. The molecule has 120 valence electrons. The maximum absolute atomic E-state index is 4.00. The van der Waals surface area contributed by atoms with Crippen molar-refractivity contribution >= 4 is 0 Å². The molecule has 1 atom stereocenters. The predicted octanol–water partition coefficient (Wildman–Crippen LogP) is 6.07. The zero-order valence-electron chi connectivity index (χ0n) is 14.6. The van der Waals surface area contributed by atoms with Crippen molar-refractivity contribution in [3.63, 3.8) is 0 Å². The summed E-state index contributed by atoms with van der Waals surface area (Å²) in [7, 11) is 0. The van der Waals surface area contributed by atoms with Gasteiger partial charge in [0.05, 0.1) is 0 Å². The lowest BCUT2D eigenvalue weighted by Crippen LogP contribution is -2.46. The maximum atomic E-state index is 4.00. The molecule has 0 aromatic heterocycles. The second-order valence-electron chi connectivity index (χ2n) is 7.98. The van der Waals surface area contributed by atoms with Gasteiger partial charge in [-0.2, -0.15) is 0 Å². The summed E-state index contributed by atoms with van der Waals surface area (Å²) in [4.78, 5) is 0. The van der Waals surface area contributed by atoms with Gasteiger partial charge in [0.2, 0.25) is 0 Å². The van der Waals surface area contributed by atoms with E-state index in [0.29, 0.717) is 11.5 Å². The molecule has 0 bridgehead atoms. The van der Waals surface area contributed by atoms with E-state index >= 15 is 0 Å². The van der Waals surface area contributed by atoms with Crippen molar-refractivity contribution in [3.05, 3.63) is 0 Å². The fraction of sp³-hybridized carbons (Fsp3) is 1.00. The molecule has 0 amide bonds. The van der Waals surface area contributed by atoms with Crippen molar-refractivity contribution in [3.8, 4) is 0 Å². The molecule has 0 saturated heterocycles. The van der Waals surface area contributed by atoms with E-state index < -0.39 is 0 Å². The molecule has 1 fully saturated rings. The number of hydrogen-bond acceptors (Lipinski definition) is 1. The zero-order valence-corrected chi connectivity index (χ0v) is 14.6. The Morgan fingerprint density at radius 1 is 0.900 bits per heavy atom. The first kappa shape index (κ1) is 18.0. The highest BCUT2D eigenvalue weighted by atomic mass is 15.0. The van der Waals surface area contributed by atoms with Crippen molar-refractivity contribution in [2.24, 2.45) is 5.41 Å². The summed E-state index contributed by atoms with van der Waals surface area (Å²) in [5.74, 6) is 0. The Labute approximate surface area is 128 Å². The van der Waals surface area contributed by atoms with Gasteiger partial charge in [-0.3, -0.25) is 0 Å². The molecule has 1 nitrogen and oxygen atoms in total. The fourth-order valence-electron chi connectivity index (χ4n) is 3.45. The molecule has 1 heteroatoms. The number of rotatable bonds is 9. The van der Waals surface area contributed by atoms with E-state index in [9.17, 15) is 0 Å². The lowest BCUT2D eigenvalue weighted by atomic mass is 9.82. The van der Waals surface area contributed by atoms with Crippen molar-refractivity contribution in [1.82, 2.24) is 5.32 Å². The molecule has 0 aromatic carbocycles. The molecule has 0 radical (unpaired) electrons. The lowest BCUT2D eigenvalue weighted by Gasteiger charge is -2.36. The molecule has 20 heavy (non-hydrogen) atoms. The first-order valence-electron chi connectivity index (χ1n) is 9.30. The first-order valence-corrected chi connectivity index (χ1v) is 9.30. The van der Waals surface area contributed by atoms with Crippen LogP contribution in [0.2, 0.25) is 0 Å². The van der Waals surface area contributed by atoms with E-state index in [1.165, 1.54) is 77.0 Å². The molecule has 1 aliphatic rings. The minimum atomic E-state index is 0.404. The van der Waals surface area contributed by atoms with E-state index in [2.05, 4.69) is 33.0 Å². The molecule has 1 aliphatic carbocycles. The number of nitrogens with one attached hydrogen (secondary N) is 1. The van der Waals surface area contributed by atoms with Crippen LogP contribution in [0, 0.1) is 5.41 Å². The Morgan fingerprint density at radius 2 is 1.50 bits per heavy atom. The van der Waals surface area contributed by atoms with Gasteiger partial charge in [0, 0.05) is 12.1 Å². The van der Waals surface area contributed by atoms with Crippen LogP contribution in [0.3, 0.4) is 0 Å². The highest BCUT2D eigenvalue weighted by Gasteiger charge is 2.26. The van der Waals surface area contributed by atoms with Crippen LogP contribution in [0.1, 0.15) is 105 Å². The number of hydrogen-bond donors (Lipinski definition) is 1. The molecular formula is C19H39N.